The van der Waals surface area contributed by atoms with E-state index in [0.717, 1.165) is 5.69 Å². The number of hydrogen-bond donors (Lipinski definition) is 1. The second-order valence-corrected chi connectivity index (χ2v) is 3.87. The molecule has 1 unspecified atom stereocenters. The minimum absolute atomic E-state index is 0.113. The Hall–Kier alpha value is -1.58. The molecule has 0 fully saturated rings. The van der Waals surface area contributed by atoms with Crippen LogP contribution in [0.3, 0.4) is 0 Å². The summed E-state index contributed by atoms with van der Waals surface area (Å²) in [4.78, 5) is 12.4. The minimum Gasteiger partial charge on any atom is -0.481 e. The molecule has 1 aromatic rings. The fourth-order valence-electron chi connectivity index (χ4n) is 1.46. The van der Waals surface area contributed by atoms with Crippen molar-refractivity contribution in [2.75, 3.05) is 11.9 Å². The van der Waals surface area contributed by atoms with E-state index in [1.54, 1.807) is 12.1 Å². The fourth-order valence-corrected chi connectivity index (χ4v) is 1.46. The Morgan fingerprint density at radius 3 is 2.50 bits per heavy atom. The van der Waals surface area contributed by atoms with Gasteiger partial charge in [-0.1, -0.05) is 0 Å². The minimum atomic E-state index is -0.792. The van der Waals surface area contributed by atoms with Crippen LogP contribution in [0.4, 0.5) is 10.1 Å². The van der Waals surface area contributed by atoms with Crippen molar-refractivity contribution in [1.82, 2.24) is 0 Å². The van der Waals surface area contributed by atoms with Gasteiger partial charge in [0, 0.05) is 25.2 Å². The molecule has 0 heterocycles. The van der Waals surface area contributed by atoms with Crippen molar-refractivity contribution in [3.05, 3.63) is 30.1 Å². The van der Waals surface area contributed by atoms with Gasteiger partial charge in [-0.05, 0) is 37.6 Å². The summed E-state index contributed by atoms with van der Waals surface area (Å²) in [6.45, 7) is 1.95. The van der Waals surface area contributed by atoms with Crippen molar-refractivity contribution >= 4 is 11.7 Å². The van der Waals surface area contributed by atoms with E-state index >= 15 is 0 Å². The highest BCUT2D eigenvalue weighted by Gasteiger charge is 2.11. The van der Waals surface area contributed by atoms with Gasteiger partial charge in [0.15, 0.2) is 0 Å². The lowest BCUT2D eigenvalue weighted by atomic mass is 10.1. The molecule has 0 spiro atoms. The molecule has 0 saturated carbocycles. The molecule has 0 aliphatic rings. The average molecular weight is 225 g/mol. The van der Waals surface area contributed by atoms with Crippen LogP contribution in [0.15, 0.2) is 24.3 Å². The molecule has 0 amide bonds. The summed E-state index contributed by atoms with van der Waals surface area (Å²) >= 11 is 0. The van der Waals surface area contributed by atoms with Gasteiger partial charge in [0.1, 0.15) is 5.82 Å². The van der Waals surface area contributed by atoms with Gasteiger partial charge < -0.3 is 10.0 Å². The summed E-state index contributed by atoms with van der Waals surface area (Å²) < 4.78 is 12.7. The van der Waals surface area contributed by atoms with E-state index in [1.807, 2.05) is 18.9 Å². The molecule has 0 aliphatic heterocycles. The van der Waals surface area contributed by atoms with Crippen LogP contribution in [-0.2, 0) is 4.79 Å². The predicted octanol–water partition coefficient (Wildman–Crippen LogP) is 2.52. The summed E-state index contributed by atoms with van der Waals surface area (Å²) in [5.74, 6) is -1.06. The number of hydrogen-bond acceptors (Lipinski definition) is 2. The molecule has 1 atom stereocenters. The third kappa shape index (κ3) is 3.53. The first-order chi connectivity index (χ1) is 7.50. The number of carboxylic acids is 1. The summed E-state index contributed by atoms with van der Waals surface area (Å²) in [6, 6.07) is 6.28. The zero-order chi connectivity index (χ0) is 12.1. The van der Waals surface area contributed by atoms with Gasteiger partial charge in [0.05, 0.1) is 0 Å². The lowest BCUT2D eigenvalue weighted by Gasteiger charge is -2.26. The average Bonchev–Trinajstić information content (AvgIpc) is 2.26. The van der Waals surface area contributed by atoms with Crippen LogP contribution < -0.4 is 4.90 Å². The van der Waals surface area contributed by atoms with E-state index in [1.165, 1.54) is 12.1 Å². The maximum absolute atomic E-state index is 12.7. The number of anilines is 1. The van der Waals surface area contributed by atoms with Crippen molar-refractivity contribution in [2.45, 2.75) is 25.8 Å². The molecule has 0 aliphatic carbocycles. The molecule has 1 rings (SSSR count). The third-order valence-corrected chi connectivity index (χ3v) is 2.67. The van der Waals surface area contributed by atoms with Crippen molar-refractivity contribution in [3.63, 3.8) is 0 Å². The Morgan fingerprint density at radius 2 is 2.00 bits per heavy atom. The second-order valence-electron chi connectivity index (χ2n) is 3.87. The highest BCUT2D eigenvalue weighted by molar-refractivity contribution is 5.66. The van der Waals surface area contributed by atoms with E-state index in [0.29, 0.717) is 6.42 Å². The van der Waals surface area contributed by atoms with E-state index in [4.69, 9.17) is 5.11 Å². The zero-order valence-electron chi connectivity index (χ0n) is 9.48. The number of rotatable bonds is 5. The first-order valence-electron chi connectivity index (χ1n) is 5.21. The normalized spacial score (nSPS) is 12.2. The van der Waals surface area contributed by atoms with Crippen molar-refractivity contribution in [1.29, 1.82) is 0 Å². The number of nitrogens with zero attached hydrogens (tertiary/aromatic N) is 1. The second kappa shape index (κ2) is 5.49. The monoisotopic (exact) mass is 225 g/mol. The highest BCUT2D eigenvalue weighted by Crippen LogP contribution is 2.17. The van der Waals surface area contributed by atoms with Crippen LogP contribution in [0.25, 0.3) is 0 Å². The number of carboxylic acid groups (broad SMARTS) is 1. The Labute approximate surface area is 94.5 Å². The molecule has 3 nitrogen and oxygen atoms in total. The van der Waals surface area contributed by atoms with Gasteiger partial charge in [-0.15, -0.1) is 0 Å². The Bertz CT molecular complexity index is 351. The lowest BCUT2D eigenvalue weighted by molar-refractivity contribution is -0.137. The molecule has 0 aromatic heterocycles. The van der Waals surface area contributed by atoms with E-state index < -0.39 is 5.97 Å². The molecule has 16 heavy (non-hydrogen) atoms. The molecule has 0 saturated heterocycles. The highest BCUT2D eigenvalue weighted by atomic mass is 19.1. The van der Waals surface area contributed by atoms with Crippen molar-refractivity contribution in [3.8, 4) is 0 Å². The SMILES string of the molecule is CC(CCC(=O)O)N(C)c1ccc(F)cc1. The largest absolute Gasteiger partial charge is 0.481 e. The maximum Gasteiger partial charge on any atom is 0.303 e. The third-order valence-electron chi connectivity index (χ3n) is 2.67. The fraction of sp³-hybridized carbons (Fsp3) is 0.417. The lowest BCUT2D eigenvalue weighted by Crippen LogP contribution is -2.29. The molecular weight excluding hydrogens is 209 g/mol. The number of carbonyl (C=O) groups is 1. The number of benzene rings is 1. The van der Waals surface area contributed by atoms with Crippen LogP contribution in [0, 0.1) is 5.82 Å². The van der Waals surface area contributed by atoms with Crippen LogP contribution >= 0.6 is 0 Å². The molecule has 1 aromatic carbocycles. The van der Waals surface area contributed by atoms with Gasteiger partial charge in [0.2, 0.25) is 0 Å². The Kier molecular flexibility index (Phi) is 4.28. The number of aliphatic carboxylic acids is 1. The van der Waals surface area contributed by atoms with Crippen molar-refractivity contribution in [2.24, 2.45) is 0 Å². The summed E-state index contributed by atoms with van der Waals surface area (Å²) in [5.41, 5.74) is 0.888. The first kappa shape index (κ1) is 12.5. The molecule has 1 N–H and O–H groups in total. The molecule has 88 valence electrons. The number of halogens is 1. The summed E-state index contributed by atoms with van der Waals surface area (Å²) in [6.07, 6.45) is 0.718. The topological polar surface area (TPSA) is 40.5 Å². The van der Waals surface area contributed by atoms with Gasteiger partial charge in [-0.2, -0.15) is 0 Å². The molecule has 4 heteroatoms. The maximum atomic E-state index is 12.7. The van der Waals surface area contributed by atoms with E-state index in [2.05, 4.69) is 0 Å². The molecule has 0 radical (unpaired) electrons. The van der Waals surface area contributed by atoms with Crippen LogP contribution in [0.5, 0.6) is 0 Å². The zero-order valence-corrected chi connectivity index (χ0v) is 9.48. The quantitative estimate of drug-likeness (QED) is 0.837. The Morgan fingerprint density at radius 1 is 1.44 bits per heavy atom. The molecular formula is C12H16FNO2. The standard InChI is InChI=1S/C12H16FNO2/c1-9(3-8-12(15)16)14(2)11-6-4-10(13)5-7-11/h4-7,9H,3,8H2,1-2H3,(H,15,16). The Balaban J connectivity index is 2.59. The predicted molar refractivity (Wildman–Crippen MR) is 61.1 cm³/mol. The van der Waals surface area contributed by atoms with Gasteiger partial charge in [0.25, 0.3) is 0 Å². The van der Waals surface area contributed by atoms with Crippen LogP contribution in [0.1, 0.15) is 19.8 Å². The van der Waals surface area contributed by atoms with Crippen LogP contribution in [-0.4, -0.2) is 24.2 Å². The van der Waals surface area contributed by atoms with Gasteiger partial charge in [-0.25, -0.2) is 4.39 Å². The van der Waals surface area contributed by atoms with E-state index in [-0.39, 0.29) is 18.3 Å². The van der Waals surface area contributed by atoms with Gasteiger partial charge in [-0.3, -0.25) is 4.79 Å². The first-order valence-corrected chi connectivity index (χ1v) is 5.21. The smallest absolute Gasteiger partial charge is 0.303 e. The van der Waals surface area contributed by atoms with Gasteiger partial charge >= 0.3 is 5.97 Å². The molecule has 0 bridgehead atoms. The van der Waals surface area contributed by atoms with Crippen LogP contribution in [0.2, 0.25) is 0 Å². The summed E-state index contributed by atoms with van der Waals surface area (Å²) in [5, 5.41) is 8.58. The summed E-state index contributed by atoms with van der Waals surface area (Å²) in [7, 11) is 1.87. The van der Waals surface area contributed by atoms with Crippen molar-refractivity contribution < 1.29 is 14.3 Å². The van der Waals surface area contributed by atoms with E-state index in [9.17, 15) is 9.18 Å².